The van der Waals surface area contributed by atoms with Gasteiger partial charge in [0, 0.05) is 38.1 Å². The molecule has 166 valence electrons. The molecule has 0 radical (unpaired) electrons. The lowest BCUT2D eigenvalue weighted by molar-refractivity contribution is 0.102. The average molecular weight is 436 g/mol. The van der Waals surface area contributed by atoms with Gasteiger partial charge in [-0.3, -0.25) is 9.59 Å². The molecule has 1 aromatic heterocycles. The number of halogens is 1. The number of benzene rings is 2. The Bertz CT molecular complexity index is 1250. The minimum atomic E-state index is -0.518. The normalized spacial score (nSPS) is 18.5. The third-order valence-electron chi connectivity index (χ3n) is 6.24. The Hall–Kier alpha value is -3.39. The molecule has 0 spiro atoms. The SMILES string of the molecule is C[C@H]1COc2c(N3CCN(C)CC3)c(F)cc3c(=O)c(C(=O)Nc4ccccc4)cn1c23. The number of piperazine rings is 1. The van der Waals surface area contributed by atoms with Crippen LogP contribution in [0, 0.1) is 5.82 Å². The molecule has 32 heavy (non-hydrogen) atoms. The predicted octanol–water partition coefficient (Wildman–Crippen LogP) is 3.10. The summed E-state index contributed by atoms with van der Waals surface area (Å²) in [5.74, 6) is -0.638. The van der Waals surface area contributed by atoms with Crippen molar-refractivity contribution in [2.24, 2.45) is 0 Å². The van der Waals surface area contributed by atoms with Crippen LogP contribution in [0.5, 0.6) is 5.75 Å². The Balaban J connectivity index is 1.65. The number of anilines is 2. The van der Waals surface area contributed by atoms with Gasteiger partial charge in [0.15, 0.2) is 11.6 Å². The maximum atomic E-state index is 15.4. The third kappa shape index (κ3) is 3.40. The second-order valence-electron chi connectivity index (χ2n) is 8.48. The lowest BCUT2D eigenvalue weighted by atomic mass is 10.0. The zero-order valence-electron chi connectivity index (χ0n) is 18.1. The zero-order chi connectivity index (χ0) is 22.4. The largest absolute Gasteiger partial charge is 0.487 e. The summed E-state index contributed by atoms with van der Waals surface area (Å²) in [5, 5.41) is 2.91. The summed E-state index contributed by atoms with van der Waals surface area (Å²) < 4.78 is 23.2. The van der Waals surface area contributed by atoms with Crippen LogP contribution in [-0.4, -0.2) is 55.2 Å². The fraction of sp³-hybridized carbons (Fsp3) is 0.333. The molecule has 3 aromatic rings. The van der Waals surface area contributed by atoms with E-state index in [0.717, 1.165) is 13.1 Å². The Morgan fingerprint density at radius 1 is 1.16 bits per heavy atom. The second-order valence-corrected chi connectivity index (χ2v) is 8.48. The van der Waals surface area contributed by atoms with Crippen LogP contribution < -0.4 is 20.4 Å². The summed E-state index contributed by atoms with van der Waals surface area (Å²) in [6, 6.07) is 10.1. The van der Waals surface area contributed by atoms with E-state index in [1.165, 1.54) is 6.07 Å². The van der Waals surface area contributed by atoms with E-state index < -0.39 is 17.2 Å². The highest BCUT2D eigenvalue weighted by molar-refractivity contribution is 6.06. The van der Waals surface area contributed by atoms with Crippen LogP contribution in [0.1, 0.15) is 23.3 Å². The predicted molar refractivity (Wildman–Crippen MR) is 122 cm³/mol. The van der Waals surface area contributed by atoms with Crippen LogP contribution >= 0.6 is 0 Å². The average Bonchev–Trinajstić information content (AvgIpc) is 2.79. The minimum absolute atomic E-state index is 0.0206. The molecule has 0 aliphatic carbocycles. The number of hydrogen-bond donors (Lipinski definition) is 1. The highest BCUT2D eigenvalue weighted by atomic mass is 19.1. The van der Waals surface area contributed by atoms with Gasteiger partial charge in [-0.2, -0.15) is 0 Å². The van der Waals surface area contributed by atoms with Crippen molar-refractivity contribution in [3.63, 3.8) is 0 Å². The first-order valence-corrected chi connectivity index (χ1v) is 10.8. The number of ether oxygens (including phenoxy) is 1. The molecule has 1 saturated heterocycles. The van der Waals surface area contributed by atoms with Gasteiger partial charge < -0.3 is 24.4 Å². The first-order chi connectivity index (χ1) is 15.4. The van der Waals surface area contributed by atoms with Crippen LogP contribution in [0.4, 0.5) is 15.8 Å². The summed E-state index contributed by atoms with van der Waals surface area (Å²) in [7, 11) is 2.04. The minimum Gasteiger partial charge on any atom is -0.487 e. The zero-order valence-corrected chi connectivity index (χ0v) is 18.1. The van der Waals surface area contributed by atoms with E-state index in [9.17, 15) is 9.59 Å². The Labute approximate surface area is 185 Å². The molecule has 1 atom stereocenters. The van der Waals surface area contributed by atoms with Crippen molar-refractivity contribution >= 4 is 28.2 Å². The summed E-state index contributed by atoms with van der Waals surface area (Å²) >= 11 is 0. The maximum Gasteiger partial charge on any atom is 0.261 e. The number of para-hydroxylation sites is 1. The molecule has 7 nitrogen and oxygen atoms in total. The van der Waals surface area contributed by atoms with Crippen LogP contribution in [0.25, 0.3) is 10.9 Å². The van der Waals surface area contributed by atoms with Crippen molar-refractivity contribution in [2.75, 3.05) is 50.1 Å². The van der Waals surface area contributed by atoms with Gasteiger partial charge in [0.2, 0.25) is 5.43 Å². The molecule has 3 heterocycles. The molecule has 0 unspecified atom stereocenters. The number of rotatable bonds is 3. The molecule has 2 aliphatic heterocycles. The first kappa shape index (κ1) is 20.5. The van der Waals surface area contributed by atoms with Crippen molar-refractivity contribution in [2.45, 2.75) is 13.0 Å². The van der Waals surface area contributed by atoms with Crippen molar-refractivity contribution in [3.05, 3.63) is 64.2 Å². The van der Waals surface area contributed by atoms with Crippen LogP contribution in [-0.2, 0) is 0 Å². The fourth-order valence-corrected chi connectivity index (χ4v) is 4.42. The molecule has 0 bridgehead atoms. The molecule has 2 aromatic carbocycles. The van der Waals surface area contributed by atoms with E-state index in [-0.39, 0.29) is 17.0 Å². The quantitative estimate of drug-likeness (QED) is 0.684. The summed E-state index contributed by atoms with van der Waals surface area (Å²) in [4.78, 5) is 30.4. The number of carbonyl (C=O) groups is 1. The molecule has 0 saturated carbocycles. The number of hydrogen-bond acceptors (Lipinski definition) is 5. The van der Waals surface area contributed by atoms with E-state index in [1.807, 2.05) is 29.5 Å². The van der Waals surface area contributed by atoms with E-state index in [4.69, 9.17) is 4.74 Å². The number of aromatic nitrogens is 1. The number of amides is 1. The second kappa shape index (κ2) is 7.94. The third-order valence-corrected chi connectivity index (χ3v) is 6.24. The first-order valence-electron chi connectivity index (χ1n) is 10.8. The van der Waals surface area contributed by atoms with Crippen LogP contribution in [0.2, 0.25) is 0 Å². The Morgan fingerprint density at radius 3 is 2.59 bits per heavy atom. The van der Waals surface area contributed by atoms with Gasteiger partial charge in [-0.05, 0) is 32.2 Å². The van der Waals surface area contributed by atoms with Gasteiger partial charge in [0.1, 0.15) is 17.9 Å². The maximum absolute atomic E-state index is 15.4. The molecule has 5 rings (SSSR count). The molecular formula is C24H25FN4O3. The van der Waals surface area contributed by atoms with Gasteiger partial charge in [-0.25, -0.2) is 4.39 Å². The number of nitrogens with one attached hydrogen (secondary N) is 1. The van der Waals surface area contributed by atoms with Gasteiger partial charge in [-0.15, -0.1) is 0 Å². The molecule has 1 N–H and O–H groups in total. The van der Waals surface area contributed by atoms with Crippen molar-refractivity contribution in [1.82, 2.24) is 9.47 Å². The summed E-state index contributed by atoms with van der Waals surface area (Å²) in [6.07, 6.45) is 1.57. The topological polar surface area (TPSA) is 66.8 Å². The molecule has 8 heteroatoms. The highest BCUT2D eigenvalue weighted by Crippen LogP contribution is 2.42. The Morgan fingerprint density at radius 2 is 1.88 bits per heavy atom. The van der Waals surface area contributed by atoms with E-state index in [2.05, 4.69) is 10.2 Å². The summed E-state index contributed by atoms with van der Waals surface area (Å²) in [6.45, 7) is 5.26. The molecular weight excluding hydrogens is 411 g/mol. The van der Waals surface area contributed by atoms with Gasteiger partial charge >= 0.3 is 0 Å². The van der Waals surface area contributed by atoms with Gasteiger partial charge in [0.05, 0.1) is 16.9 Å². The highest BCUT2D eigenvalue weighted by Gasteiger charge is 2.31. The lowest BCUT2D eigenvalue weighted by Gasteiger charge is -2.37. The number of pyridine rings is 1. The van der Waals surface area contributed by atoms with Crippen molar-refractivity contribution in [1.29, 1.82) is 0 Å². The fourth-order valence-electron chi connectivity index (χ4n) is 4.42. The lowest BCUT2D eigenvalue weighted by Crippen LogP contribution is -2.45. The van der Waals surface area contributed by atoms with E-state index in [0.29, 0.717) is 42.3 Å². The number of likely N-dealkylation sites (N-methyl/N-ethyl adjacent to an activating group) is 1. The Kier molecular flexibility index (Phi) is 5.09. The number of nitrogens with zero attached hydrogens (tertiary/aromatic N) is 3. The van der Waals surface area contributed by atoms with Crippen molar-refractivity contribution < 1.29 is 13.9 Å². The smallest absolute Gasteiger partial charge is 0.261 e. The van der Waals surface area contributed by atoms with Crippen molar-refractivity contribution in [3.8, 4) is 5.75 Å². The molecule has 1 amide bonds. The standard InChI is InChI=1S/C24H25FN4O3/c1-15-14-32-23-20-17(12-19(25)21(23)28-10-8-27(2)9-11-28)22(30)18(13-29(15)20)24(31)26-16-6-4-3-5-7-16/h3-7,12-13,15H,8-11,14H2,1-2H3,(H,26,31)/t15-/m0/s1. The van der Waals surface area contributed by atoms with Gasteiger partial charge in [-0.1, -0.05) is 18.2 Å². The number of carbonyl (C=O) groups excluding carboxylic acids is 1. The molecule has 2 aliphatic rings. The molecule has 1 fully saturated rings. The van der Waals surface area contributed by atoms with E-state index >= 15 is 4.39 Å². The summed E-state index contributed by atoms with van der Waals surface area (Å²) in [5.41, 5.74) is 0.997. The van der Waals surface area contributed by atoms with Gasteiger partial charge in [0.25, 0.3) is 5.91 Å². The van der Waals surface area contributed by atoms with Crippen LogP contribution in [0.3, 0.4) is 0 Å². The monoisotopic (exact) mass is 436 g/mol. The van der Waals surface area contributed by atoms with E-state index in [1.54, 1.807) is 30.5 Å². The van der Waals surface area contributed by atoms with Crippen LogP contribution in [0.15, 0.2) is 47.4 Å².